The van der Waals surface area contributed by atoms with Gasteiger partial charge in [0.2, 0.25) is 17.7 Å². The molecule has 10 rings (SSSR count). The molecule has 9 amide bonds. The number of cyclic esters (lactones) is 1. The van der Waals surface area contributed by atoms with E-state index < -0.39 is 189 Å². The van der Waals surface area contributed by atoms with Gasteiger partial charge in [-0.05, 0) is 72.9 Å². The van der Waals surface area contributed by atoms with Crippen molar-refractivity contribution in [2.75, 3.05) is 5.75 Å². The highest BCUT2D eigenvalue weighted by Gasteiger charge is 2.52. The van der Waals surface area contributed by atoms with Crippen molar-refractivity contribution in [3.05, 3.63) is 172 Å². The minimum atomic E-state index is -2.14. The number of aromatic nitrogens is 5. The van der Waals surface area contributed by atoms with Crippen LogP contribution < -0.4 is 63.8 Å². The number of ether oxygens (including phenoxy) is 1. The van der Waals surface area contributed by atoms with Crippen LogP contribution in [0.15, 0.2) is 112 Å². The second-order valence-electron chi connectivity index (χ2n) is 26.2. The van der Waals surface area contributed by atoms with E-state index in [2.05, 4.69) is 106 Å². The predicted molar refractivity (Wildman–Crippen MR) is 409 cm³/mol. The van der Waals surface area contributed by atoms with Crippen molar-refractivity contribution in [2.45, 2.75) is 151 Å². The maximum atomic E-state index is 15.2. The largest absolute Gasteiger partial charge is 0.477 e. The van der Waals surface area contributed by atoms with Crippen molar-refractivity contribution >= 4 is 151 Å². The number of nitrogens with one attached hydrogen (secondary N) is 12. The fourth-order valence-corrected chi connectivity index (χ4v) is 17.0. The second-order valence-corrected chi connectivity index (χ2v) is 31.2. The molecule has 111 heavy (non-hydrogen) atoms. The normalized spacial score (nSPS) is 26.4. The molecule has 18 N–H and O–H groups in total. The number of carboxylic acid groups (broad SMARTS) is 1. The average Bonchev–Trinajstić information content (AvgIpc) is 1.69. The van der Waals surface area contributed by atoms with Gasteiger partial charge in [-0.15, -0.1) is 57.1 Å². The number of piperidine rings is 1. The van der Waals surface area contributed by atoms with Gasteiger partial charge in [0, 0.05) is 32.8 Å². The van der Waals surface area contributed by atoms with Crippen LogP contribution in [0, 0.1) is 0 Å². The number of carboxylic acids is 1. The van der Waals surface area contributed by atoms with Crippen LogP contribution in [0.2, 0.25) is 0 Å². The van der Waals surface area contributed by atoms with Gasteiger partial charge < -0.3 is 88.5 Å². The van der Waals surface area contributed by atoms with Crippen molar-refractivity contribution < 1.29 is 88.1 Å². The monoisotopic (exact) mass is 1640 g/mol. The van der Waals surface area contributed by atoms with Gasteiger partial charge in [-0.1, -0.05) is 63.3 Å². The Morgan fingerprint density at radius 2 is 1.42 bits per heavy atom. The fraction of sp³-hybridized carbons (Fsp3) is 0.362. The smallest absolute Gasteiger partial charge is 0.357 e. The summed E-state index contributed by atoms with van der Waals surface area (Å²) in [4.78, 5) is 181. The zero-order valence-corrected chi connectivity index (χ0v) is 64.9. The SMILES string of the molecule is C=C(NC(=O)C(=C)NC(=O)c1csc(C2CCC34NC(=O)C(=C)NC(=O)C(=C)NC(=O)C(=C)NC(=O)C(C)NC5C=Cc6c(C(C)O)cc(nc6C5O)C(=O)OC(C)C(NC(=S)c5csc(n5)C(C(C)(O)C(C)O)NC(=O)C5CSC(=N5)C(=CC)NC(=O)C(C(C)O)NC(=O)c5csc3n5)c3nc(cs3)C4N2)n1)C(=O)O. The summed E-state index contributed by atoms with van der Waals surface area (Å²) in [5.74, 6) is -11.8. The van der Waals surface area contributed by atoms with E-state index in [1.807, 2.05) is 5.32 Å². The Bertz CT molecular complexity index is 4840. The molecule has 1 aliphatic carbocycles. The van der Waals surface area contributed by atoms with E-state index in [0.717, 1.165) is 57.1 Å². The number of fused-ring (bicyclic) bond motifs is 7. The first-order valence-electron chi connectivity index (χ1n) is 33.7. The van der Waals surface area contributed by atoms with Gasteiger partial charge in [-0.2, -0.15) is 0 Å². The third-order valence-electron chi connectivity index (χ3n) is 18.2. The zero-order chi connectivity index (χ0) is 81.2. The zero-order valence-electron chi connectivity index (χ0n) is 60.0. The number of pyridine rings is 1. The Hall–Kier alpha value is -10.3. The van der Waals surface area contributed by atoms with Crippen LogP contribution >= 0.6 is 69.3 Å². The molecule has 5 aliphatic rings. The number of nitrogens with zero attached hydrogens (tertiary/aromatic N) is 6. The summed E-state index contributed by atoms with van der Waals surface area (Å²) >= 11 is 10.8. The number of aliphatic carboxylic acids is 1. The van der Waals surface area contributed by atoms with Crippen LogP contribution in [-0.4, -0.2) is 185 Å². The van der Waals surface area contributed by atoms with Crippen molar-refractivity contribution in [1.82, 2.24) is 88.7 Å². The average molecular weight is 1640 g/mol. The van der Waals surface area contributed by atoms with Crippen molar-refractivity contribution in [3.63, 3.8) is 0 Å². The third kappa shape index (κ3) is 18.2. The molecule has 36 nitrogen and oxygen atoms in total. The first-order valence-corrected chi connectivity index (χ1v) is 38.6. The topological polar surface area (TPSA) is 540 Å². The number of carbonyl (C=O) groups excluding carboxylic acids is 10. The first-order chi connectivity index (χ1) is 52.3. The molecule has 1 saturated heterocycles. The number of thiazole rings is 4. The van der Waals surface area contributed by atoms with Crippen LogP contribution in [-0.2, 0) is 48.6 Å². The van der Waals surface area contributed by atoms with Crippen LogP contribution in [0.1, 0.15) is 177 Å². The second kappa shape index (κ2) is 34.1. The van der Waals surface area contributed by atoms with Gasteiger partial charge >= 0.3 is 11.9 Å². The lowest BCUT2D eigenvalue weighted by Crippen LogP contribution is -2.58. The van der Waals surface area contributed by atoms with E-state index in [4.69, 9.17) is 31.9 Å². The summed E-state index contributed by atoms with van der Waals surface area (Å²) in [6, 6.07) is -9.17. The van der Waals surface area contributed by atoms with Crippen LogP contribution in [0.3, 0.4) is 0 Å². The minimum Gasteiger partial charge on any atom is -0.477 e. The number of thiocarbonyl (C=S) groups is 1. The van der Waals surface area contributed by atoms with E-state index in [1.54, 1.807) is 6.92 Å². The maximum absolute atomic E-state index is 15.2. The molecule has 0 radical (unpaired) electrons. The standard InChI is InChI=1S/C69H76N18O18S6/c1-13-36-61-80-42(21-107-61)58(99)86-50(68(12,104)33(11)90)64-82-44(23-110-64)60(106)85-46-32(10)105-66(103)39-18-35(30(8)88)34-14-15-37(48(91)47(34)76-39)70-24(2)51(92)71-25(3)52(93)72-26(4)53(94)73-28(6)55(96)87-69(67-83-43(22-111-67)57(98)84-45(31(9)89)59(100)78-36)17-16-38(77-49(69)40-19-109-63(46)79-40)62-81-41(20-108-62)56(97)74-27(5)54(95)75-29(7)65(101)102/h13-15,18-20,22-24,30-33,37-38,42,45-46,48-50,70,77,88-91,104H,3-7,16-17,21H2,1-2,8-12H3,(H,71,92)(H,72,93)(H,73,94)(H,74,97)(H,75,95)(H,78,100)(H,84,98)(H,85,106)(H,86,99)(H,87,96)(H,101,102). The summed E-state index contributed by atoms with van der Waals surface area (Å²) in [6.45, 7) is 27.5. The van der Waals surface area contributed by atoms with Gasteiger partial charge in [0.15, 0.2) is 0 Å². The van der Waals surface area contributed by atoms with Crippen LogP contribution in [0.4, 0.5) is 0 Å². The van der Waals surface area contributed by atoms with Gasteiger partial charge in [-0.25, -0.2) is 34.5 Å². The molecule has 15 atom stereocenters. The highest BCUT2D eigenvalue weighted by molar-refractivity contribution is 8.14. The summed E-state index contributed by atoms with van der Waals surface area (Å²) in [6.07, 6.45) is -3.28. The molecule has 15 unspecified atom stereocenters. The summed E-state index contributed by atoms with van der Waals surface area (Å²) < 4.78 is 6.30. The van der Waals surface area contributed by atoms with E-state index in [0.29, 0.717) is 0 Å². The lowest BCUT2D eigenvalue weighted by Gasteiger charge is -2.45. The molecular formula is C69H76N18O18S6. The Kier molecular flexibility index (Phi) is 25.5. The van der Waals surface area contributed by atoms with E-state index in [1.165, 1.54) is 87.4 Å². The number of thioether (sulfide) groups is 1. The summed E-state index contributed by atoms with van der Waals surface area (Å²) in [5, 5.41) is 105. The molecule has 42 heteroatoms. The van der Waals surface area contributed by atoms with Gasteiger partial charge in [0.25, 0.3) is 35.4 Å². The number of esters is 1. The van der Waals surface area contributed by atoms with Crippen molar-refractivity contribution in [3.8, 4) is 0 Å². The summed E-state index contributed by atoms with van der Waals surface area (Å²) in [5.41, 5.74) is -8.13. The molecule has 1 fully saturated rings. The lowest BCUT2D eigenvalue weighted by atomic mass is 9.78. The van der Waals surface area contributed by atoms with Crippen molar-refractivity contribution in [1.29, 1.82) is 0 Å². The molecule has 13 bridgehead atoms. The fourth-order valence-electron chi connectivity index (χ4n) is 11.8. The highest BCUT2D eigenvalue weighted by Crippen LogP contribution is 2.49. The molecular weight excluding hydrogens is 1560 g/mol. The Balaban J connectivity index is 1.16. The third-order valence-corrected chi connectivity index (χ3v) is 23.5. The molecule has 0 spiro atoms. The number of hydrogen-bond donors (Lipinski definition) is 18. The number of hydrogen-bond acceptors (Lipinski definition) is 31. The lowest BCUT2D eigenvalue weighted by molar-refractivity contribution is -0.134. The number of allylic oxidation sites excluding steroid dienone is 1. The maximum Gasteiger partial charge on any atom is 0.357 e. The Morgan fingerprint density at radius 3 is 2.09 bits per heavy atom. The van der Waals surface area contributed by atoms with Gasteiger partial charge in [0.05, 0.1) is 82.4 Å². The first kappa shape index (κ1) is 83.1. The van der Waals surface area contributed by atoms with Crippen molar-refractivity contribution in [2.24, 2.45) is 4.99 Å². The number of rotatable bonds is 10. The number of amides is 9. The number of aliphatic hydroxyl groups is 5. The number of carbonyl (C=O) groups is 11. The van der Waals surface area contributed by atoms with E-state index >= 15 is 4.79 Å². The minimum absolute atomic E-state index is 0.0114. The molecule has 0 aromatic carbocycles. The highest BCUT2D eigenvalue weighted by atomic mass is 32.2. The molecule has 4 aliphatic heterocycles. The Morgan fingerprint density at radius 1 is 0.757 bits per heavy atom. The Labute approximate surface area is 657 Å². The van der Waals surface area contributed by atoms with Gasteiger partial charge in [-0.3, -0.25) is 58.8 Å². The molecule has 9 heterocycles. The summed E-state index contributed by atoms with van der Waals surface area (Å²) in [7, 11) is 0. The molecule has 5 aromatic heterocycles. The van der Waals surface area contributed by atoms with Crippen LogP contribution in [0.5, 0.6) is 0 Å². The van der Waals surface area contributed by atoms with Gasteiger partial charge in [0.1, 0.15) is 106 Å². The predicted octanol–water partition coefficient (Wildman–Crippen LogP) is 0.974. The molecule has 586 valence electrons. The molecule has 0 saturated carbocycles. The quantitative estimate of drug-likeness (QED) is 0.0526. The number of aliphatic imine (C=N–C) groups is 1. The van der Waals surface area contributed by atoms with E-state index in [-0.39, 0.29) is 94.0 Å². The molecule has 5 aromatic rings. The van der Waals surface area contributed by atoms with E-state index in [9.17, 15) is 78.6 Å². The van der Waals surface area contributed by atoms with Crippen LogP contribution in [0.25, 0.3) is 6.08 Å². The number of aliphatic hydroxyl groups excluding tert-OH is 4.